The predicted octanol–water partition coefficient (Wildman–Crippen LogP) is 1.12. The second-order valence-electron chi connectivity index (χ2n) is 3.46. The van der Waals surface area contributed by atoms with Crippen molar-refractivity contribution in [1.29, 1.82) is 0 Å². The highest BCUT2D eigenvalue weighted by Crippen LogP contribution is 2.16. The number of rotatable bonds is 2. The van der Waals surface area contributed by atoms with Gasteiger partial charge in [0.2, 0.25) is 0 Å². The second kappa shape index (κ2) is 3.32. The minimum Gasteiger partial charge on any atom is -0.324 e. The van der Waals surface area contributed by atoms with Crippen LogP contribution in [0.5, 0.6) is 0 Å². The van der Waals surface area contributed by atoms with Crippen molar-refractivity contribution in [1.82, 2.24) is 5.48 Å². The molecule has 10 heavy (non-hydrogen) atoms. The van der Waals surface area contributed by atoms with Crippen LogP contribution in [-0.4, -0.2) is 16.3 Å². The summed E-state index contributed by atoms with van der Waals surface area (Å²) in [6, 6.07) is 0. The first kappa shape index (κ1) is 12.5. The van der Waals surface area contributed by atoms with Crippen molar-refractivity contribution in [3.8, 4) is 0 Å². The molecule has 64 valence electrons. The van der Waals surface area contributed by atoms with Crippen LogP contribution in [0.3, 0.4) is 0 Å². The zero-order valence-electron chi connectivity index (χ0n) is 6.52. The van der Waals surface area contributed by atoms with Crippen molar-refractivity contribution >= 4 is 0 Å². The standard InChI is InChI=1S/C6H16N2O.CH4/c1-5(2,7)6(3,4)8-9;/h8-9H,7H2,1-4H3;1H4. The molecule has 3 heteroatoms. The molecule has 0 rings (SSSR count). The van der Waals surface area contributed by atoms with Gasteiger partial charge in [-0.05, 0) is 27.7 Å². The van der Waals surface area contributed by atoms with Crippen molar-refractivity contribution in [2.24, 2.45) is 5.73 Å². The largest absolute Gasteiger partial charge is 0.324 e. The summed E-state index contributed by atoms with van der Waals surface area (Å²) >= 11 is 0. The lowest BCUT2D eigenvalue weighted by Gasteiger charge is -2.36. The smallest absolute Gasteiger partial charge is 0.0547 e. The Kier molecular flexibility index (Phi) is 4.17. The zero-order chi connectivity index (χ0) is 7.71. The fourth-order valence-corrected chi connectivity index (χ4v) is 0.144. The van der Waals surface area contributed by atoms with Crippen molar-refractivity contribution < 1.29 is 5.21 Å². The average molecular weight is 148 g/mol. The number of hydrogen-bond acceptors (Lipinski definition) is 3. The van der Waals surface area contributed by atoms with Crippen molar-refractivity contribution in [2.45, 2.75) is 46.2 Å². The molecule has 0 spiro atoms. The number of nitrogens with two attached hydrogens (primary N) is 1. The quantitative estimate of drug-likeness (QED) is 0.514. The summed E-state index contributed by atoms with van der Waals surface area (Å²) in [4.78, 5) is 0. The Bertz CT molecular complexity index is 94.3. The van der Waals surface area contributed by atoms with Crippen LogP contribution in [0.2, 0.25) is 0 Å². The first-order valence-electron chi connectivity index (χ1n) is 3.01. The minimum atomic E-state index is -0.438. The van der Waals surface area contributed by atoms with Crippen LogP contribution in [0.25, 0.3) is 0 Å². The van der Waals surface area contributed by atoms with Crippen LogP contribution < -0.4 is 11.2 Å². The van der Waals surface area contributed by atoms with Crippen LogP contribution in [0, 0.1) is 0 Å². The summed E-state index contributed by atoms with van der Waals surface area (Å²) in [6.07, 6.45) is 0. The molecular weight excluding hydrogens is 128 g/mol. The van der Waals surface area contributed by atoms with Gasteiger partial charge in [-0.2, -0.15) is 5.48 Å². The molecule has 0 radical (unpaired) electrons. The maximum absolute atomic E-state index is 8.60. The minimum absolute atomic E-state index is 0. The lowest BCUT2D eigenvalue weighted by molar-refractivity contribution is 0.0431. The highest BCUT2D eigenvalue weighted by atomic mass is 16.5. The second-order valence-corrected chi connectivity index (χ2v) is 3.46. The van der Waals surface area contributed by atoms with E-state index >= 15 is 0 Å². The molecule has 0 bridgehead atoms. The fraction of sp³-hybridized carbons (Fsp3) is 1.00. The van der Waals surface area contributed by atoms with Crippen molar-refractivity contribution in [3.05, 3.63) is 0 Å². The number of hydroxylamine groups is 1. The third-order valence-corrected chi connectivity index (χ3v) is 1.89. The molecule has 0 atom stereocenters. The third kappa shape index (κ3) is 2.64. The molecule has 0 unspecified atom stereocenters. The number of hydrogen-bond donors (Lipinski definition) is 3. The topological polar surface area (TPSA) is 58.3 Å². The van der Waals surface area contributed by atoms with Gasteiger partial charge in [-0.15, -0.1) is 0 Å². The van der Waals surface area contributed by atoms with Crippen molar-refractivity contribution in [3.63, 3.8) is 0 Å². The van der Waals surface area contributed by atoms with E-state index in [1.54, 1.807) is 0 Å². The monoisotopic (exact) mass is 148 g/mol. The van der Waals surface area contributed by atoms with E-state index in [2.05, 4.69) is 5.48 Å². The normalized spacial score (nSPS) is 12.6. The Balaban J connectivity index is 0. The summed E-state index contributed by atoms with van der Waals surface area (Å²) in [5, 5.41) is 8.60. The van der Waals surface area contributed by atoms with Gasteiger partial charge in [0.1, 0.15) is 0 Å². The van der Waals surface area contributed by atoms with Gasteiger partial charge in [0, 0.05) is 5.54 Å². The van der Waals surface area contributed by atoms with Gasteiger partial charge >= 0.3 is 0 Å². The van der Waals surface area contributed by atoms with Crippen LogP contribution in [0.15, 0.2) is 0 Å². The lowest BCUT2D eigenvalue weighted by atomic mass is 9.84. The lowest BCUT2D eigenvalue weighted by Crippen LogP contribution is -2.60. The maximum Gasteiger partial charge on any atom is 0.0547 e. The van der Waals surface area contributed by atoms with Gasteiger partial charge < -0.3 is 10.9 Å². The van der Waals surface area contributed by atoms with Crippen LogP contribution in [-0.2, 0) is 0 Å². The van der Waals surface area contributed by atoms with E-state index in [1.807, 2.05) is 27.7 Å². The molecular formula is C7H20N2O. The highest BCUT2D eigenvalue weighted by molar-refractivity contribution is 4.94. The molecule has 0 amide bonds. The Morgan fingerprint density at radius 3 is 1.50 bits per heavy atom. The predicted molar refractivity (Wildman–Crippen MR) is 44.0 cm³/mol. The highest BCUT2D eigenvalue weighted by Gasteiger charge is 2.32. The molecule has 0 aliphatic carbocycles. The van der Waals surface area contributed by atoms with Gasteiger partial charge in [-0.3, -0.25) is 0 Å². The van der Waals surface area contributed by atoms with Crippen LogP contribution in [0.1, 0.15) is 35.1 Å². The number of nitrogens with one attached hydrogen (secondary N) is 1. The van der Waals surface area contributed by atoms with E-state index in [1.165, 1.54) is 0 Å². The molecule has 0 saturated heterocycles. The zero-order valence-corrected chi connectivity index (χ0v) is 6.52. The molecule has 0 saturated carbocycles. The Labute approximate surface area is 63.6 Å². The molecule has 0 heterocycles. The summed E-state index contributed by atoms with van der Waals surface area (Å²) in [7, 11) is 0. The first-order valence-corrected chi connectivity index (χ1v) is 3.01. The molecule has 0 aromatic heterocycles. The summed E-state index contributed by atoms with van der Waals surface area (Å²) in [5.74, 6) is 0. The van der Waals surface area contributed by atoms with E-state index < -0.39 is 11.1 Å². The maximum atomic E-state index is 8.60. The molecule has 0 fully saturated rings. The fourth-order valence-electron chi connectivity index (χ4n) is 0.144. The summed E-state index contributed by atoms with van der Waals surface area (Å²) < 4.78 is 0. The van der Waals surface area contributed by atoms with Gasteiger partial charge in [0.05, 0.1) is 5.54 Å². The molecule has 0 aliphatic heterocycles. The Morgan fingerprint density at radius 1 is 1.20 bits per heavy atom. The van der Waals surface area contributed by atoms with E-state index in [-0.39, 0.29) is 7.43 Å². The van der Waals surface area contributed by atoms with Gasteiger partial charge in [-0.25, -0.2) is 0 Å². The third-order valence-electron chi connectivity index (χ3n) is 1.89. The van der Waals surface area contributed by atoms with E-state index in [0.29, 0.717) is 0 Å². The molecule has 0 aliphatic rings. The SMILES string of the molecule is C.CC(C)(N)C(C)(C)NO. The molecule has 4 N–H and O–H groups in total. The molecule has 3 nitrogen and oxygen atoms in total. The van der Waals surface area contributed by atoms with Crippen LogP contribution in [0.4, 0.5) is 0 Å². The average Bonchev–Trinajstić information content (AvgIpc) is 1.64. The van der Waals surface area contributed by atoms with E-state index in [4.69, 9.17) is 10.9 Å². The Hall–Kier alpha value is -0.120. The first-order chi connectivity index (χ1) is 3.81. The van der Waals surface area contributed by atoms with Gasteiger partial charge in [0.25, 0.3) is 0 Å². The van der Waals surface area contributed by atoms with Gasteiger partial charge in [0.15, 0.2) is 0 Å². The molecule has 0 aromatic carbocycles. The van der Waals surface area contributed by atoms with Crippen LogP contribution >= 0.6 is 0 Å². The Morgan fingerprint density at radius 2 is 1.50 bits per heavy atom. The van der Waals surface area contributed by atoms with E-state index in [0.717, 1.165) is 0 Å². The summed E-state index contributed by atoms with van der Waals surface area (Å²) in [5.41, 5.74) is 7.01. The summed E-state index contributed by atoms with van der Waals surface area (Å²) in [6.45, 7) is 7.40. The van der Waals surface area contributed by atoms with Crippen molar-refractivity contribution in [2.75, 3.05) is 0 Å². The van der Waals surface area contributed by atoms with Gasteiger partial charge in [-0.1, -0.05) is 7.43 Å². The van der Waals surface area contributed by atoms with E-state index in [9.17, 15) is 0 Å². The molecule has 0 aromatic rings.